The van der Waals surface area contributed by atoms with Crippen molar-refractivity contribution in [3.8, 4) is 0 Å². The summed E-state index contributed by atoms with van der Waals surface area (Å²) in [7, 11) is 3.70. The molecule has 2 saturated heterocycles. The van der Waals surface area contributed by atoms with Crippen LogP contribution in [0.4, 0.5) is 0 Å². The summed E-state index contributed by atoms with van der Waals surface area (Å²) in [5.74, 6) is -4.05. The van der Waals surface area contributed by atoms with Crippen LogP contribution in [0, 0.1) is 23.7 Å². The highest BCUT2D eigenvalue weighted by atomic mass is 16.7. The van der Waals surface area contributed by atoms with E-state index in [4.69, 9.17) is 18.9 Å². The molecule has 240 valence electrons. The van der Waals surface area contributed by atoms with Crippen molar-refractivity contribution < 1.29 is 48.7 Å². The van der Waals surface area contributed by atoms with Gasteiger partial charge in [0.15, 0.2) is 12.1 Å². The first kappa shape index (κ1) is 34.6. The second-order valence-electron chi connectivity index (χ2n) is 13.1. The predicted octanol–water partition coefficient (Wildman–Crippen LogP) is 2.56. The first-order valence-corrected chi connectivity index (χ1v) is 15.2. The number of carbonyl (C=O) groups excluding carboxylic acids is 2. The van der Waals surface area contributed by atoms with Crippen LogP contribution < -0.4 is 0 Å². The van der Waals surface area contributed by atoms with E-state index in [-0.39, 0.29) is 49.2 Å². The molecule has 0 aromatic carbocycles. The minimum absolute atomic E-state index is 0.142. The standard InChI is InChI=1S/C31H51NO10/c1-9-24-19(5)29-31(6,42-29)11-10-22(33)16(2)12-20(14-25(35)36)28(18(4)23(34)15-26(37)40-24)41-30-27(38)21(32(7)8)13-17(3)39-30/h10-11,16-21,23-24,27-30,34,38H,9,12-15H2,1-8H3,(H,35,36)/b11-10+/t16-,17?,18+,19-,20-,21?,23-,24-,27?,28-,29+,30?,31+/m1/s1. The summed E-state index contributed by atoms with van der Waals surface area (Å²) in [6.07, 6.45) is -1.49. The first-order chi connectivity index (χ1) is 19.6. The summed E-state index contributed by atoms with van der Waals surface area (Å²) in [5, 5.41) is 32.3. The lowest BCUT2D eigenvalue weighted by molar-refractivity contribution is -0.283. The minimum Gasteiger partial charge on any atom is -0.481 e. The van der Waals surface area contributed by atoms with E-state index in [2.05, 4.69) is 0 Å². The van der Waals surface area contributed by atoms with E-state index in [9.17, 15) is 29.7 Å². The number of ketones is 1. The van der Waals surface area contributed by atoms with Gasteiger partial charge >= 0.3 is 11.9 Å². The molecule has 4 unspecified atom stereocenters. The van der Waals surface area contributed by atoms with Gasteiger partial charge in [0.25, 0.3) is 0 Å². The summed E-state index contributed by atoms with van der Waals surface area (Å²) in [6, 6.07) is -0.272. The van der Waals surface area contributed by atoms with Gasteiger partial charge in [-0.25, -0.2) is 0 Å². The fourth-order valence-corrected chi connectivity index (χ4v) is 6.57. The van der Waals surface area contributed by atoms with E-state index in [1.807, 2.05) is 46.7 Å². The van der Waals surface area contributed by atoms with Crippen LogP contribution in [0.5, 0.6) is 0 Å². The average molecular weight is 598 g/mol. The number of aliphatic hydroxyl groups excluding tert-OH is 2. The molecule has 0 radical (unpaired) electrons. The monoisotopic (exact) mass is 597 g/mol. The number of nitrogens with zero attached hydrogens (tertiary/aromatic N) is 1. The van der Waals surface area contributed by atoms with Gasteiger partial charge in [-0.1, -0.05) is 27.7 Å². The minimum atomic E-state index is -1.24. The third-order valence-corrected chi connectivity index (χ3v) is 9.33. The van der Waals surface area contributed by atoms with Gasteiger partial charge < -0.3 is 39.2 Å². The van der Waals surface area contributed by atoms with E-state index in [1.54, 1.807) is 19.9 Å². The third-order valence-electron chi connectivity index (χ3n) is 9.33. The number of ether oxygens (including phenoxy) is 4. The zero-order chi connectivity index (χ0) is 31.5. The first-order valence-electron chi connectivity index (χ1n) is 15.2. The van der Waals surface area contributed by atoms with Gasteiger partial charge in [-0.05, 0) is 65.3 Å². The van der Waals surface area contributed by atoms with Crippen LogP contribution in [0.15, 0.2) is 12.2 Å². The number of aliphatic carboxylic acids is 1. The van der Waals surface area contributed by atoms with Crippen molar-refractivity contribution in [1.29, 1.82) is 0 Å². The molecule has 0 amide bonds. The molecule has 3 heterocycles. The Morgan fingerprint density at radius 1 is 1.12 bits per heavy atom. The van der Waals surface area contributed by atoms with E-state index in [1.165, 1.54) is 6.08 Å². The van der Waals surface area contributed by atoms with E-state index < -0.39 is 66.0 Å². The molecule has 3 aliphatic heterocycles. The number of aliphatic hydroxyl groups is 2. The highest BCUT2D eigenvalue weighted by Crippen LogP contribution is 2.45. The number of likely N-dealkylation sites (N-methyl/N-ethyl adjacent to an activating group) is 1. The summed E-state index contributed by atoms with van der Waals surface area (Å²) >= 11 is 0. The maximum absolute atomic E-state index is 13.2. The molecule has 0 saturated carbocycles. The van der Waals surface area contributed by atoms with E-state index in [0.717, 1.165) is 0 Å². The second kappa shape index (κ2) is 14.3. The molecule has 0 aromatic rings. The molecule has 42 heavy (non-hydrogen) atoms. The van der Waals surface area contributed by atoms with Crippen molar-refractivity contribution in [2.24, 2.45) is 23.7 Å². The molecule has 3 aliphatic rings. The maximum atomic E-state index is 13.2. The second-order valence-corrected chi connectivity index (χ2v) is 13.1. The zero-order valence-corrected chi connectivity index (χ0v) is 26.3. The Balaban J connectivity index is 1.98. The van der Waals surface area contributed by atoms with Gasteiger partial charge in [-0.2, -0.15) is 0 Å². The molecule has 11 nitrogen and oxygen atoms in total. The number of fused-ring (bicyclic) bond motifs is 1. The number of epoxide rings is 1. The van der Waals surface area contributed by atoms with Crippen LogP contribution in [-0.2, 0) is 33.3 Å². The van der Waals surface area contributed by atoms with Gasteiger partial charge in [-0.15, -0.1) is 0 Å². The van der Waals surface area contributed by atoms with E-state index in [0.29, 0.717) is 12.8 Å². The fourth-order valence-electron chi connectivity index (χ4n) is 6.57. The topological polar surface area (TPSA) is 155 Å². The molecule has 3 rings (SSSR count). The van der Waals surface area contributed by atoms with Crippen LogP contribution in [0.2, 0.25) is 0 Å². The molecule has 0 spiro atoms. The molecular formula is C31H51NO10. The van der Waals surface area contributed by atoms with Crippen molar-refractivity contribution in [3.63, 3.8) is 0 Å². The SMILES string of the molecule is CC[C@H]1OC(=O)C[C@@H](O)[C@H](C)[C@@H](OC2OC(C)CC(N(C)C)C2O)[C@@H](CC(=O)O)C[C@@H](C)C(=O)/C=C/[C@]2(C)O[C@H]2[C@@H]1C. The Morgan fingerprint density at radius 3 is 2.38 bits per heavy atom. The molecule has 2 fully saturated rings. The lowest BCUT2D eigenvalue weighted by Gasteiger charge is -2.44. The van der Waals surface area contributed by atoms with Crippen LogP contribution >= 0.6 is 0 Å². The number of allylic oxidation sites excluding steroid dienone is 1. The quantitative estimate of drug-likeness (QED) is 0.306. The number of carboxylic acid groups (broad SMARTS) is 1. The highest BCUT2D eigenvalue weighted by molar-refractivity contribution is 5.91. The molecular weight excluding hydrogens is 546 g/mol. The maximum Gasteiger partial charge on any atom is 0.308 e. The van der Waals surface area contributed by atoms with Gasteiger partial charge in [0, 0.05) is 23.8 Å². The molecule has 13 atom stereocenters. The van der Waals surface area contributed by atoms with Gasteiger partial charge in [-0.3, -0.25) is 14.4 Å². The highest BCUT2D eigenvalue weighted by Gasteiger charge is 2.55. The Hall–Kier alpha value is -1.89. The Labute approximate surface area is 249 Å². The Morgan fingerprint density at radius 2 is 1.79 bits per heavy atom. The van der Waals surface area contributed by atoms with Crippen molar-refractivity contribution in [2.75, 3.05) is 14.1 Å². The summed E-state index contributed by atoms with van der Waals surface area (Å²) in [4.78, 5) is 40.2. The van der Waals surface area contributed by atoms with Crippen molar-refractivity contribution in [3.05, 3.63) is 12.2 Å². The number of esters is 1. The molecule has 0 aromatic heterocycles. The van der Waals surface area contributed by atoms with Gasteiger partial charge in [0.2, 0.25) is 0 Å². The van der Waals surface area contributed by atoms with Crippen molar-refractivity contribution >= 4 is 17.7 Å². The van der Waals surface area contributed by atoms with Crippen LogP contribution in [0.25, 0.3) is 0 Å². The zero-order valence-electron chi connectivity index (χ0n) is 26.3. The fraction of sp³-hybridized carbons (Fsp3) is 0.839. The third kappa shape index (κ3) is 8.39. The number of carbonyl (C=O) groups is 3. The van der Waals surface area contributed by atoms with Gasteiger partial charge in [0.05, 0.1) is 37.3 Å². The van der Waals surface area contributed by atoms with Crippen LogP contribution in [-0.4, -0.2) is 107 Å². The Bertz CT molecular complexity index is 987. The largest absolute Gasteiger partial charge is 0.481 e. The molecule has 3 N–H and O–H groups in total. The number of hydrogen-bond acceptors (Lipinski definition) is 10. The number of carboxylic acids is 1. The van der Waals surface area contributed by atoms with Crippen LogP contribution in [0.1, 0.15) is 73.6 Å². The summed E-state index contributed by atoms with van der Waals surface area (Å²) in [6.45, 7) is 11.0. The lowest BCUT2D eigenvalue weighted by Crippen LogP contribution is -2.56. The van der Waals surface area contributed by atoms with Crippen LogP contribution in [0.3, 0.4) is 0 Å². The normalized spacial score (nSPS) is 44.7. The van der Waals surface area contributed by atoms with E-state index >= 15 is 0 Å². The Kier molecular flexibility index (Phi) is 11.7. The number of hydrogen-bond donors (Lipinski definition) is 3. The molecule has 0 aliphatic carbocycles. The predicted molar refractivity (Wildman–Crippen MR) is 153 cm³/mol. The number of rotatable bonds is 6. The summed E-state index contributed by atoms with van der Waals surface area (Å²) < 4.78 is 24.1. The van der Waals surface area contributed by atoms with Crippen molar-refractivity contribution in [1.82, 2.24) is 4.90 Å². The summed E-state index contributed by atoms with van der Waals surface area (Å²) in [5.41, 5.74) is -0.681. The van der Waals surface area contributed by atoms with Gasteiger partial charge in [0.1, 0.15) is 17.8 Å². The smallest absolute Gasteiger partial charge is 0.308 e. The number of cyclic esters (lactones) is 1. The van der Waals surface area contributed by atoms with Crippen molar-refractivity contribution in [2.45, 2.75) is 128 Å². The average Bonchev–Trinajstić information content (AvgIpc) is 3.59. The molecule has 0 bridgehead atoms. The molecule has 11 heteroatoms. The lowest BCUT2D eigenvalue weighted by atomic mass is 9.79.